The largest absolute Gasteiger partial charge is 0.457 e. The molecule has 1 aromatic heterocycles. The number of ether oxygens (including phenoxy) is 3. The molecule has 1 aromatic carbocycles. The van der Waals surface area contributed by atoms with E-state index in [1.807, 2.05) is 70.4 Å². The lowest BCUT2D eigenvalue weighted by atomic mass is 9.62. The van der Waals surface area contributed by atoms with Gasteiger partial charge >= 0.3 is 5.97 Å². The molecule has 2 radical (unpaired) electrons. The highest BCUT2D eigenvalue weighted by molar-refractivity contribution is 6.15. The lowest BCUT2D eigenvalue weighted by Crippen LogP contribution is -2.65. The van der Waals surface area contributed by atoms with Crippen LogP contribution in [-0.2, 0) is 30.3 Å². The molecule has 1 aliphatic rings. The van der Waals surface area contributed by atoms with Gasteiger partial charge in [-0.15, -0.1) is 5.10 Å². The molecule has 2 heterocycles. The highest BCUT2D eigenvalue weighted by Crippen LogP contribution is 2.39. The Morgan fingerprint density at radius 1 is 1.22 bits per heavy atom. The number of methoxy groups -OCH3 is 1. The molecule has 0 spiro atoms. The molecule has 0 saturated carbocycles. The van der Waals surface area contributed by atoms with Crippen molar-refractivity contribution in [3.05, 3.63) is 42.6 Å². The minimum Gasteiger partial charge on any atom is -0.457 e. The van der Waals surface area contributed by atoms with E-state index in [1.165, 1.54) is 0 Å². The van der Waals surface area contributed by atoms with Gasteiger partial charge in [0.25, 0.3) is 0 Å². The second-order valence-electron chi connectivity index (χ2n) is 14.0. The topological polar surface area (TPSA) is 134 Å². The summed E-state index contributed by atoms with van der Waals surface area (Å²) >= 11 is 0. The summed E-state index contributed by atoms with van der Waals surface area (Å²) in [6.07, 6.45) is 14.3. The number of cyclic esters (lactones) is 1. The van der Waals surface area contributed by atoms with Crippen LogP contribution in [-0.4, -0.2) is 96.1 Å². The van der Waals surface area contributed by atoms with Crippen molar-refractivity contribution in [3.63, 3.8) is 0 Å². The van der Waals surface area contributed by atoms with Gasteiger partial charge in [0.2, 0.25) is 0 Å². The first kappa shape index (κ1) is 39.8. The minimum absolute atomic E-state index is 0.135. The fraction of sp³-hybridized carbons (Fsp3) is 0.622. The Labute approximate surface area is 294 Å². The summed E-state index contributed by atoms with van der Waals surface area (Å²) < 4.78 is 19.9. The van der Waals surface area contributed by atoms with Gasteiger partial charge in [-0.1, -0.05) is 56.7 Å². The minimum atomic E-state index is -1.16. The number of rotatable bonds is 9. The number of nitrogen functional groups attached to an aromatic ring is 1. The predicted octanol–water partition coefficient (Wildman–Crippen LogP) is 4.29. The molecular weight excluding hydrogens is 619 g/mol. The number of Topliss-reactive ketones (excluding diaryl/α,β-unsaturated/α-hetero) is 1. The quantitative estimate of drug-likeness (QED) is 0.0991. The number of nitrogens with one attached hydrogen (secondary N) is 1. The Hall–Kier alpha value is -3.66. The maximum absolute atomic E-state index is 13.6. The first-order chi connectivity index (χ1) is 23.1. The first-order valence-electron chi connectivity index (χ1n) is 17.1. The van der Waals surface area contributed by atoms with Crippen LogP contribution < -0.4 is 11.1 Å². The molecule has 1 fully saturated rings. The smallest absolute Gasteiger partial charge is 0.316 e. The van der Waals surface area contributed by atoms with Crippen molar-refractivity contribution in [2.75, 3.05) is 33.0 Å². The molecule has 0 amide bonds. The predicted molar refractivity (Wildman–Crippen MR) is 193 cm³/mol. The van der Waals surface area contributed by atoms with E-state index in [0.717, 1.165) is 11.3 Å². The van der Waals surface area contributed by atoms with Crippen molar-refractivity contribution in [1.29, 1.82) is 0 Å². The van der Waals surface area contributed by atoms with Crippen LogP contribution in [0.2, 0.25) is 5.82 Å². The number of anilines is 1. The molecule has 9 atom stereocenters. The van der Waals surface area contributed by atoms with Gasteiger partial charge < -0.3 is 30.2 Å². The number of allylic oxidation sites excluding steroid dienone is 1. The summed E-state index contributed by atoms with van der Waals surface area (Å²) in [6.45, 7) is 14.9. The molecule has 0 aliphatic carbocycles. The SMILES string of the molecule is [B][C@@H]1[C@@H](C)C(=O)[C@@H](C)C(=O)O[C@H](CC)[C@@](C)(OC#C)[C@H](NC/C=C/Cn2cc(-c3cccc(N)c3)nn2)[C@@H](C)N(C)C[C@H](C)C[C@@]1(C)OC. The number of ketones is 1. The Balaban J connectivity index is 1.91. The molecule has 1 saturated heterocycles. The molecule has 266 valence electrons. The molecule has 1 aliphatic heterocycles. The van der Waals surface area contributed by atoms with Crippen molar-refractivity contribution in [2.45, 2.75) is 103 Å². The van der Waals surface area contributed by atoms with Gasteiger partial charge in [-0.2, -0.15) is 0 Å². The van der Waals surface area contributed by atoms with Gasteiger partial charge in [0.05, 0.1) is 32.2 Å². The van der Waals surface area contributed by atoms with E-state index >= 15 is 0 Å². The number of likely N-dealkylation sites (N-methyl/N-ethyl adjacent to an activating group) is 1. The van der Waals surface area contributed by atoms with Crippen LogP contribution in [0.1, 0.15) is 61.3 Å². The number of aromatic nitrogens is 3. The number of carbonyl (C=O) groups is 2. The summed E-state index contributed by atoms with van der Waals surface area (Å²) in [7, 11) is 10.4. The lowest BCUT2D eigenvalue weighted by molar-refractivity contribution is -0.174. The second kappa shape index (κ2) is 17.3. The zero-order chi connectivity index (χ0) is 36.5. The molecule has 0 unspecified atom stereocenters. The van der Waals surface area contributed by atoms with Gasteiger partial charge in [0, 0.05) is 43.4 Å². The Morgan fingerprint density at radius 3 is 2.57 bits per heavy atom. The molecular formula is C37H55BN6O5. The molecule has 11 nitrogen and oxygen atoms in total. The summed E-state index contributed by atoms with van der Waals surface area (Å²) in [5.74, 6) is -3.11. The normalized spacial score (nSPS) is 32.6. The van der Waals surface area contributed by atoms with Crippen LogP contribution in [0.4, 0.5) is 5.69 Å². The first-order valence-corrected chi connectivity index (χ1v) is 17.1. The number of hydrogen-bond donors (Lipinski definition) is 2. The van der Waals surface area contributed by atoms with Crippen molar-refractivity contribution >= 4 is 25.3 Å². The van der Waals surface area contributed by atoms with Crippen LogP contribution in [0.15, 0.2) is 42.6 Å². The number of esters is 1. The maximum atomic E-state index is 13.6. The lowest BCUT2D eigenvalue weighted by Gasteiger charge is -2.46. The van der Waals surface area contributed by atoms with E-state index in [2.05, 4.69) is 40.5 Å². The summed E-state index contributed by atoms with van der Waals surface area (Å²) in [4.78, 5) is 29.4. The summed E-state index contributed by atoms with van der Waals surface area (Å²) in [6, 6.07) is 6.98. The van der Waals surface area contributed by atoms with Crippen molar-refractivity contribution in [3.8, 4) is 23.8 Å². The average molecular weight is 675 g/mol. The highest BCUT2D eigenvalue weighted by atomic mass is 16.6. The van der Waals surface area contributed by atoms with Crippen LogP contribution in [0, 0.1) is 30.3 Å². The second-order valence-corrected chi connectivity index (χ2v) is 14.0. The van der Waals surface area contributed by atoms with E-state index in [0.29, 0.717) is 38.2 Å². The van der Waals surface area contributed by atoms with E-state index in [9.17, 15) is 9.59 Å². The standard InChI is InChI=1S/C37H55BN6O5/c1-11-31-37(8,48-12-2)34(40-18-13-14-19-44-23-30(41-42-44)28-16-15-17-29(39)20-28)27(6)43(9)22-24(3)21-36(7,47-10)33(38)25(4)32(45)26(5)35(46)49-31/h2,13-17,20,23-27,31,33-34,40H,11,18-19,21-22,39H2,1,3-10H3/b14-13+/t24-,25+,26-,27-,31-,33-,34-,36-,37-/m1/s1. The third-order valence-corrected chi connectivity index (χ3v) is 10.3. The molecule has 0 bridgehead atoms. The van der Waals surface area contributed by atoms with Crippen LogP contribution in [0.3, 0.4) is 0 Å². The number of carbonyl (C=O) groups excluding carboxylic acids is 2. The van der Waals surface area contributed by atoms with E-state index < -0.39 is 47.0 Å². The molecule has 3 N–H and O–H groups in total. The summed E-state index contributed by atoms with van der Waals surface area (Å²) in [5, 5.41) is 12.2. The Morgan fingerprint density at radius 2 is 1.94 bits per heavy atom. The number of hydrogen-bond acceptors (Lipinski definition) is 10. The fourth-order valence-electron chi connectivity index (χ4n) is 7.08. The van der Waals surface area contributed by atoms with E-state index in [1.54, 1.807) is 25.6 Å². The zero-order valence-corrected chi connectivity index (χ0v) is 30.7. The van der Waals surface area contributed by atoms with E-state index in [-0.39, 0.29) is 17.7 Å². The van der Waals surface area contributed by atoms with E-state index in [4.69, 9.17) is 34.2 Å². The molecule has 49 heavy (non-hydrogen) atoms. The maximum Gasteiger partial charge on any atom is 0.316 e. The van der Waals surface area contributed by atoms with Crippen LogP contribution in [0.25, 0.3) is 11.3 Å². The van der Waals surface area contributed by atoms with Crippen LogP contribution >= 0.6 is 0 Å². The summed E-state index contributed by atoms with van der Waals surface area (Å²) in [5.41, 5.74) is 6.28. The monoisotopic (exact) mass is 674 g/mol. The molecule has 3 rings (SSSR count). The Kier molecular flexibility index (Phi) is 14.1. The Bertz CT molecular complexity index is 1480. The number of terminal acetylenes is 1. The fourth-order valence-corrected chi connectivity index (χ4v) is 7.08. The van der Waals surface area contributed by atoms with Gasteiger partial charge in [-0.25, -0.2) is 4.68 Å². The molecule has 2 aromatic rings. The van der Waals surface area contributed by atoms with Gasteiger partial charge in [-0.3, -0.25) is 9.59 Å². The average Bonchev–Trinajstić information content (AvgIpc) is 3.55. The third-order valence-electron chi connectivity index (χ3n) is 10.3. The van der Waals surface area contributed by atoms with Gasteiger partial charge in [0.15, 0.2) is 5.60 Å². The number of nitrogens with zero attached hydrogens (tertiary/aromatic N) is 4. The van der Waals surface area contributed by atoms with Crippen LogP contribution in [0.5, 0.6) is 0 Å². The van der Waals surface area contributed by atoms with Crippen molar-refractivity contribution in [2.24, 2.45) is 17.8 Å². The third kappa shape index (κ3) is 9.53. The van der Waals surface area contributed by atoms with Gasteiger partial charge in [0.1, 0.15) is 29.6 Å². The highest BCUT2D eigenvalue weighted by Gasteiger charge is 2.50. The number of nitrogens with two attached hydrogens (primary N) is 1. The van der Waals surface area contributed by atoms with Crippen molar-refractivity contribution in [1.82, 2.24) is 25.2 Å². The zero-order valence-electron chi connectivity index (χ0n) is 30.7. The van der Waals surface area contributed by atoms with Gasteiger partial charge in [-0.05, 0) is 71.5 Å². The molecule has 12 heteroatoms. The van der Waals surface area contributed by atoms with Crippen molar-refractivity contribution < 1.29 is 23.8 Å². The number of benzene rings is 1.